The van der Waals surface area contributed by atoms with E-state index in [1.54, 1.807) is 12.1 Å². The molecule has 164 valence electrons. The van der Waals surface area contributed by atoms with Crippen molar-refractivity contribution in [1.29, 1.82) is 0 Å². The maximum absolute atomic E-state index is 11.5. The van der Waals surface area contributed by atoms with Gasteiger partial charge in [-0.15, -0.1) is 5.92 Å². The fourth-order valence-electron chi connectivity index (χ4n) is 4.48. The highest BCUT2D eigenvalue weighted by Gasteiger charge is 2.18. The van der Waals surface area contributed by atoms with Crippen LogP contribution in [0.5, 0.6) is 0 Å². The Hall–Kier alpha value is -3.39. The molecule has 0 radical (unpaired) electrons. The maximum Gasteiger partial charge on any atom is 0.336 e. The zero-order valence-electron chi connectivity index (χ0n) is 18.6. The van der Waals surface area contributed by atoms with Crippen molar-refractivity contribution in [2.24, 2.45) is 5.92 Å². The van der Waals surface area contributed by atoms with E-state index < -0.39 is 5.97 Å². The lowest BCUT2D eigenvalue weighted by atomic mass is 9.87. The minimum absolute atomic E-state index is 0.311. The minimum Gasteiger partial charge on any atom is -0.478 e. The Bertz CT molecular complexity index is 1130. The summed E-state index contributed by atoms with van der Waals surface area (Å²) >= 11 is 0. The van der Waals surface area contributed by atoms with Crippen LogP contribution >= 0.6 is 0 Å². The Morgan fingerprint density at radius 2 is 1.84 bits per heavy atom. The summed E-state index contributed by atoms with van der Waals surface area (Å²) in [4.78, 5) is 16.4. The highest BCUT2D eigenvalue weighted by molar-refractivity contribution is 5.95. The maximum atomic E-state index is 11.5. The van der Waals surface area contributed by atoms with E-state index in [-0.39, 0.29) is 0 Å². The van der Waals surface area contributed by atoms with Crippen molar-refractivity contribution in [3.05, 3.63) is 71.3 Å². The van der Waals surface area contributed by atoms with Gasteiger partial charge >= 0.3 is 5.97 Å². The van der Waals surface area contributed by atoms with Crippen LogP contribution < -0.4 is 0 Å². The lowest BCUT2D eigenvalue weighted by molar-refractivity contribution is 0.0697. The van der Waals surface area contributed by atoms with Gasteiger partial charge in [0.2, 0.25) is 0 Å². The standard InChI is InChI=1S/C27H29N3O2/c1-2-3-17-30-26(28-25(29-30)18-20-9-5-4-6-10-20)19-21-13-15-22(16-14-21)23-11-7-8-12-24(23)27(31)32/h7-8,11-16,20H,4-6,9-10,17-19H2,1H3,(H,31,32). The molecule has 4 rings (SSSR count). The molecule has 1 saturated carbocycles. The number of carbonyl (C=O) groups is 1. The molecule has 2 aromatic carbocycles. The number of benzene rings is 2. The van der Waals surface area contributed by atoms with Crippen LogP contribution in [0.1, 0.15) is 66.6 Å². The molecule has 5 heteroatoms. The van der Waals surface area contributed by atoms with E-state index >= 15 is 0 Å². The first-order valence-corrected chi connectivity index (χ1v) is 11.4. The van der Waals surface area contributed by atoms with Crippen molar-refractivity contribution < 1.29 is 9.90 Å². The summed E-state index contributed by atoms with van der Waals surface area (Å²) in [5, 5.41) is 14.2. The largest absolute Gasteiger partial charge is 0.478 e. The van der Waals surface area contributed by atoms with Crippen LogP contribution in [-0.2, 0) is 19.4 Å². The van der Waals surface area contributed by atoms with E-state index in [1.165, 1.54) is 32.1 Å². The second-order valence-corrected chi connectivity index (χ2v) is 8.46. The predicted octanol–water partition coefficient (Wildman–Crippen LogP) is 5.38. The van der Waals surface area contributed by atoms with Gasteiger partial charge in [-0.1, -0.05) is 80.5 Å². The van der Waals surface area contributed by atoms with E-state index in [4.69, 9.17) is 10.1 Å². The third-order valence-electron chi connectivity index (χ3n) is 6.18. The monoisotopic (exact) mass is 427 g/mol. The molecule has 0 unspecified atom stereocenters. The van der Waals surface area contributed by atoms with Gasteiger partial charge in [-0.05, 0) is 35.6 Å². The molecule has 3 aromatic rings. The molecule has 1 aromatic heterocycles. The summed E-state index contributed by atoms with van der Waals surface area (Å²) in [6, 6.07) is 15.1. The fraction of sp³-hybridized carbons (Fsp3) is 0.370. The van der Waals surface area contributed by atoms with Gasteiger partial charge in [0.25, 0.3) is 0 Å². The van der Waals surface area contributed by atoms with E-state index in [0.29, 0.717) is 24.4 Å². The van der Waals surface area contributed by atoms with Gasteiger partial charge in [0.05, 0.1) is 5.56 Å². The van der Waals surface area contributed by atoms with Gasteiger partial charge in [0.1, 0.15) is 12.4 Å². The molecule has 0 amide bonds. The van der Waals surface area contributed by atoms with Gasteiger partial charge < -0.3 is 5.11 Å². The number of hydrogen-bond donors (Lipinski definition) is 1. The van der Waals surface area contributed by atoms with Gasteiger partial charge in [-0.2, -0.15) is 5.10 Å². The quantitative estimate of drug-likeness (QED) is 0.514. The van der Waals surface area contributed by atoms with Crippen LogP contribution in [0.4, 0.5) is 0 Å². The van der Waals surface area contributed by atoms with E-state index in [2.05, 4.69) is 11.8 Å². The third-order valence-corrected chi connectivity index (χ3v) is 6.18. The van der Waals surface area contributed by atoms with Crippen molar-refractivity contribution >= 4 is 5.97 Å². The minimum atomic E-state index is -0.916. The molecule has 0 atom stereocenters. The summed E-state index contributed by atoms with van der Waals surface area (Å²) in [5.74, 6) is 7.69. The van der Waals surface area contributed by atoms with Crippen molar-refractivity contribution in [3.63, 3.8) is 0 Å². The molecular weight excluding hydrogens is 398 g/mol. The first-order valence-electron chi connectivity index (χ1n) is 11.4. The Balaban J connectivity index is 1.53. The van der Waals surface area contributed by atoms with E-state index in [1.807, 2.05) is 48.0 Å². The van der Waals surface area contributed by atoms with Crippen LogP contribution in [-0.4, -0.2) is 25.8 Å². The number of carboxylic acid groups (broad SMARTS) is 1. The lowest BCUT2D eigenvalue weighted by Gasteiger charge is -2.19. The molecule has 5 nitrogen and oxygen atoms in total. The average Bonchev–Trinajstić information content (AvgIpc) is 3.19. The number of rotatable bonds is 7. The summed E-state index contributed by atoms with van der Waals surface area (Å²) < 4.78 is 1.93. The molecule has 0 aliphatic heterocycles. The van der Waals surface area contributed by atoms with Crippen molar-refractivity contribution in [2.75, 3.05) is 0 Å². The second-order valence-electron chi connectivity index (χ2n) is 8.46. The normalized spacial score (nSPS) is 14.0. The van der Waals surface area contributed by atoms with Crippen LogP contribution in [0.15, 0.2) is 48.5 Å². The van der Waals surface area contributed by atoms with Gasteiger partial charge in [0, 0.05) is 12.8 Å². The molecule has 1 N–H and O–H groups in total. The molecule has 0 saturated heterocycles. The molecule has 0 spiro atoms. The fourth-order valence-corrected chi connectivity index (χ4v) is 4.48. The molecule has 0 bridgehead atoms. The molecule has 1 aliphatic rings. The first-order chi connectivity index (χ1) is 15.6. The van der Waals surface area contributed by atoms with Gasteiger partial charge in [-0.3, -0.25) is 0 Å². The molecule has 32 heavy (non-hydrogen) atoms. The van der Waals surface area contributed by atoms with E-state index in [9.17, 15) is 9.90 Å². The second kappa shape index (κ2) is 10.3. The average molecular weight is 428 g/mol. The van der Waals surface area contributed by atoms with Crippen LogP contribution in [0.2, 0.25) is 0 Å². The lowest BCUT2D eigenvalue weighted by Crippen LogP contribution is -2.10. The molecule has 1 fully saturated rings. The first kappa shape index (κ1) is 21.8. The Labute approximate surface area is 189 Å². The topological polar surface area (TPSA) is 68.0 Å². The molecular formula is C27H29N3O2. The highest BCUT2D eigenvalue weighted by Crippen LogP contribution is 2.27. The highest BCUT2D eigenvalue weighted by atomic mass is 16.4. The third kappa shape index (κ3) is 5.26. The van der Waals surface area contributed by atoms with Crippen molar-refractivity contribution in [2.45, 2.75) is 58.4 Å². The Kier molecular flexibility index (Phi) is 7.01. The van der Waals surface area contributed by atoms with Crippen molar-refractivity contribution in [3.8, 4) is 23.0 Å². The Morgan fingerprint density at radius 3 is 2.56 bits per heavy atom. The summed E-state index contributed by atoms with van der Waals surface area (Å²) in [6.07, 6.45) is 8.15. The summed E-state index contributed by atoms with van der Waals surface area (Å²) in [5.41, 5.74) is 3.04. The SMILES string of the molecule is CC#CCn1nc(CC2CCCCC2)nc1Cc1ccc(-c2ccccc2C(=O)O)cc1. The predicted molar refractivity (Wildman–Crippen MR) is 125 cm³/mol. The Morgan fingerprint density at radius 1 is 1.09 bits per heavy atom. The number of aromatic carboxylic acids is 1. The zero-order chi connectivity index (χ0) is 22.3. The van der Waals surface area contributed by atoms with Gasteiger partial charge in [-0.25, -0.2) is 14.5 Å². The van der Waals surface area contributed by atoms with Crippen LogP contribution in [0.25, 0.3) is 11.1 Å². The number of hydrogen-bond acceptors (Lipinski definition) is 3. The molecule has 1 aliphatic carbocycles. The number of carboxylic acids is 1. The summed E-state index contributed by atoms with van der Waals surface area (Å²) in [6.45, 7) is 2.39. The summed E-state index contributed by atoms with van der Waals surface area (Å²) in [7, 11) is 0. The number of aromatic nitrogens is 3. The van der Waals surface area contributed by atoms with Crippen LogP contribution in [0, 0.1) is 17.8 Å². The number of nitrogens with zero attached hydrogens (tertiary/aromatic N) is 3. The van der Waals surface area contributed by atoms with E-state index in [0.717, 1.165) is 34.8 Å². The van der Waals surface area contributed by atoms with Gasteiger partial charge in [0.15, 0.2) is 5.82 Å². The smallest absolute Gasteiger partial charge is 0.336 e. The van der Waals surface area contributed by atoms with Crippen LogP contribution in [0.3, 0.4) is 0 Å². The molecule has 1 heterocycles. The zero-order valence-corrected chi connectivity index (χ0v) is 18.6. The van der Waals surface area contributed by atoms with Crippen molar-refractivity contribution in [1.82, 2.24) is 14.8 Å².